The third kappa shape index (κ3) is 22.9. The van der Waals surface area contributed by atoms with Crippen molar-refractivity contribution in [2.45, 2.75) is 129 Å². The first kappa shape index (κ1) is 25.9. The first-order valence-electron chi connectivity index (χ1n) is 11.5. The standard InChI is InChI=1S/C23H44O4/c1-2-3-4-5-6-7-8-9-10-11-12-13-14-15-16-17-21-27-23(26)20-18-19-22(24)25/h2-21H2,1H3,(H,24,25)/p-1. The Balaban J connectivity index is 3.10. The van der Waals surface area contributed by atoms with E-state index >= 15 is 0 Å². The Morgan fingerprint density at radius 2 is 1.00 bits per heavy atom. The van der Waals surface area contributed by atoms with Gasteiger partial charge in [0.1, 0.15) is 0 Å². The molecule has 0 aromatic heterocycles. The van der Waals surface area contributed by atoms with Crippen molar-refractivity contribution in [1.29, 1.82) is 0 Å². The molecule has 0 radical (unpaired) electrons. The van der Waals surface area contributed by atoms with Crippen LogP contribution < -0.4 is 5.11 Å². The fraction of sp³-hybridized carbons (Fsp3) is 0.913. The second-order valence-electron chi connectivity index (χ2n) is 7.75. The quantitative estimate of drug-likeness (QED) is 0.188. The van der Waals surface area contributed by atoms with Crippen molar-refractivity contribution in [3.63, 3.8) is 0 Å². The number of carboxylic acids is 1. The Kier molecular flexibility index (Phi) is 20.4. The molecule has 4 nitrogen and oxygen atoms in total. The predicted octanol–water partition coefficient (Wildman–Crippen LogP) is 5.71. The molecule has 4 heteroatoms. The largest absolute Gasteiger partial charge is 0.550 e. The number of ether oxygens (including phenoxy) is 1. The van der Waals surface area contributed by atoms with Crippen LogP contribution in [0.2, 0.25) is 0 Å². The lowest BCUT2D eigenvalue weighted by molar-refractivity contribution is -0.305. The Morgan fingerprint density at radius 3 is 1.41 bits per heavy atom. The van der Waals surface area contributed by atoms with Crippen molar-refractivity contribution in [1.82, 2.24) is 0 Å². The van der Waals surface area contributed by atoms with Crippen LogP contribution in [-0.2, 0) is 14.3 Å². The van der Waals surface area contributed by atoms with Crippen LogP contribution in [0.25, 0.3) is 0 Å². The molecule has 0 spiro atoms. The predicted molar refractivity (Wildman–Crippen MR) is 109 cm³/mol. The summed E-state index contributed by atoms with van der Waals surface area (Å²) in [5.41, 5.74) is 0. The van der Waals surface area contributed by atoms with Gasteiger partial charge in [0.05, 0.1) is 6.61 Å². The minimum absolute atomic E-state index is 0.0753. The van der Waals surface area contributed by atoms with Gasteiger partial charge in [-0.25, -0.2) is 0 Å². The molecule has 0 unspecified atom stereocenters. The van der Waals surface area contributed by atoms with Crippen molar-refractivity contribution < 1.29 is 19.4 Å². The van der Waals surface area contributed by atoms with E-state index in [0.717, 1.165) is 12.8 Å². The van der Waals surface area contributed by atoms with Gasteiger partial charge in [-0.05, 0) is 19.3 Å². The van der Waals surface area contributed by atoms with Crippen LogP contribution in [0.1, 0.15) is 129 Å². The van der Waals surface area contributed by atoms with E-state index in [9.17, 15) is 14.7 Å². The fourth-order valence-corrected chi connectivity index (χ4v) is 3.29. The number of hydrogen-bond donors (Lipinski definition) is 0. The van der Waals surface area contributed by atoms with E-state index in [1.54, 1.807) is 0 Å². The molecule has 0 aromatic rings. The summed E-state index contributed by atoms with van der Waals surface area (Å²) in [6.07, 6.45) is 21.6. The first-order chi connectivity index (χ1) is 13.2. The highest BCUT2D eigenvalue weighted by Gasteiger charge is 2.02. The van der Waals surface area contributed by atoms with E-state index in [2.05, 4.69) is 6.92 Å². The van der Waals surface area contributed by atoms with E-state index in [-0.39, 0.29) is 18.8 Å². The molecule has 0 aliphatic rings. The average Bonchev–Trinajstić information content (AvgIpc) is 2.64. The normalized spacial score (nSPS) is 10.9. The molecular weight excluding hydrogens is 340 g/mol. The van der Waals surface area contributed by atoms with Crippen LogP contribution in [0.4, 0.5) is 0 Å². The van der Waals surface area contributed by atoms with Gasteiger partial charge in [-0.2, -0.15) is 0 Å². The molecule has 0 atom stereocenters. The molecule has 0 saturated heterocycles. The lowest BCUT2D eigenvalue weighted by Crippen LogP contribution is -2.22. The summed E-state index contributed by atoms with van der Waals surface area (Å²) in [5, 5.41) is 10.2. The van der Waals surface area contributed by atoms with Crippen LogP contribution in [0.15, 0.2) is 0 Å². The lowest BCUT2D eigenvalue weighted by Gasteiger charge is -2.05. The zero-order chi connectivity index (χ0) is 20.0. The number of carboxylic acid groups (broad SMARTS) is 1. The summed E-state index contributed by atoms with van der Waals surface area (Å²) < 4.78 is 5.09. The number of hydrogen-bond acceptors (Lipinski definition) is 4. The molecule has 0 aliphatic heterocycles. The zero-order valence-corrected chi connectivity index (χ0v) is 17.8. The van der Waals surface area contributed by atoms with E-state index in [1.165, 1.54) is 89.9 Å². The number of esters is 1. The third-order valence-electron chi connectivity index (χ3n) is 5.02. The van der Waals surface area contributed by atoms with Gasteiger partial charge in [0.25, 0.3) is 0 Å². The number of aliphatic carboxylic acids is 1. The van der Waals surface area contributed by atoms with E-state index in [0.29, 0.717) is 13.0 Å². The summed E-state index contributed by atoms with van der Waals surface area (Å²) >= 11 is 0. The van der Waals surface area contributed by atoms with Gasteiger partial charge < -0.3 is 14.6 Å². The van der Waals surface area contributed by atoms with Crippen molar-refractivity contribution in [2.24, 2.45) is 0 Å². The molecule has 0 heterocycles. The molecule has 0 aliphatic carbocycles. The van der Waals surface area contributed by atoms with E-state index < -0.39 is 5.97 Å². The molecule has 0 rings (SSSR count). The summed E-state index contributed by atoms with van der Waals surface area (Å²) in [4.78, 5) is 21.6. The number of unbranched alkanes of at least 4 members (excludes halogenated alkanes) is 15. The summed E-state index contributed by atoms with van der Waals surface area (Å²) in [6, 6.07) is 0. The summed E-state index contributed by atoms with van der Waals surface area (Å²) in [7, 11) is 0. The highest BCUT2D eigenvalue weighted by molar-refractivity contribution is 5.70. The smallest absolute Gasteiger partial charge is 0.305 e. The van der Waals surface area contributed by atoms with Crippen LogP contribution in [0.3, 0.4) is 0 Å². The SMILES string of the molecule is CCCCCCCCCCCCCCCCCCOC(=O)CCCC(=O)[O-]. The molecule has 27 heavy (non-hydrogen) atoms. The molecule has 0 bridgehead atoms. The van der Waals surface area contributed by atoms with E-state index in [1.807, 2.05) is 0 Å². The Labute approximate surface area is 167 Å². The van der Waals surface area contributed by atoms with Crippen LogP contribution in [-0.4, -0.2) is 18.5 Å². The van der Waals surface area contributed by atoms with E-state index in [4.69, 9.17) is 4.74 Å². The maximum atomic E-state index is 11.3. The van der Waals surface area contributed by atoms with Crippen molar-refractivity contribution in [3.05, 3.63) is 0 Å². The van der Waals surface area contributed by atoms with Gasteiger partial charge in [-0.3, -0.25) is 4.79 Å². The number of carbonyl (C=O) groups excluding carboxylic acids is 2. The van der Waals surface area contributed by atoms with Crippen LogP contribution >= 0.6 is 0 Å². The van der Waals surface area contributed by atoms with Crippen molar-refractivity contribution in [2.75, 3.05) is 6.61 Å². The molecule has 160 valence electrons. The van der Waals surface area contributed by atoms with Gasteiger partial charge in [-0.1, -0.05) is 103 Å². The number of rotatable bonds is 21. The maximum Gasteiger partial charge on any atom is 0.305 e. The minimum atomic E-state index is -1.11. The minimum Gasteiger partial charge on any atom is -0.550 e. The molecule has 0 aromatic carbocycles. The molecule has 0 amide bonds. The zero-order valence-electron chi connectivity index (χ0n) is 17.8. The van der Waals surface area contributed by atoms with Crippen LogP contribution in [0, 0.1) is 0 Å². The second-order valence-corrected chi connectivity index (χ2v) is 7.75. The van der Waals surface area contributed by atoms with Gasteiger partial charge in [-0.15, -0.1) is 0 Å². The second kappa shape index (κ2) is 21.2. The Hall–Kier alpha value is -1.06. The van der Waals surface area contributed by atoms with Gasteiger partial charge in [0.2, 0.25) is 0 Å². The Bertz CT molecular complexity index is 341. The molecular formula is C23H43O4-. The van der Waals surface area contributed by atoms with Gasteiger partial charge in [0, 0.05) is 12.4 Å². The third-order valence-corrected chi connectivity index (χ3v) is 5.02. The highest BCUT2D eigenvalue weighted by Crippen LogP contribution is 2.13. The maximum absolute atomic E-state index is 11.3. The van der Waals surface area contributed by atoms with Gasteiger partial charge in [0.15, 0.2) is 0 Å². The monoisotopic (exact) mass is 383 g/mol. The summed E-state index contributed by atoms with van der Waals surface area (Å²) in [5.74, 6) is -1.40. The number of carbonyl (C=O) groups is 2. The molecule has 0 saturated carbocycles. The fourth-order valence-electron chi connectivity index (χ4n) is 3.29. The van der Waals surface area contributed by atoms with Crippen molar-refractivity contribution in [3.8, 4) is 0 Å². The highest BCUT2D eigenvalue weighted by atomic mass is 16.5. The molecule has 0 fully saturated rings. The molecule has 0 N–H and O–H groups in total. The topological polar surface area (TPSA) is 66.4 Å². The summed E-state index contributed by atoms with van der Waals surface area (Å²) in [6.45, 7) is 2.73. The average molecular weight is 384 g/mol. The lowest BCUT2D eigenvalue weighted by atomic mass is 10.0. The van der Waals surface area contributed by atoms with Gasteiger partial charge >= 0.3 is 5.97 Å². The first-order valence-corrected chi connectivity index (χ1v) is 11.5. The van der Waals surface area contributed by atoms with Crippen LogP contribution in [0.5, 0.6) is 0 Å². The Morgan fingerprint density at radius 1 is 0.593 bits per heavy atom. The van der Waals surface area contributed by atoms with Crippen molar-refractivity contribution >= 4 is 11.9 Å².